The average molecular weight is 221 g/mol. The highest BCUT2D eigenvalue weighted by atomic mass is 19.1. The normalized spacial score (nSPS) is 14.4. The maximum atomic E-state index is 13.3. The van der Waals surface area contributed by atoms with Gasteiger partial charge in [0.25, 0.3) is 0 Å². The third kappa shape index (κ3) is 1.78. The Bertz CT molecular complexity index is 457. The van der Waals surface area contributed by atoms with Crippen molar-refractivity contribution in [2.45, 2.75) is 6.92 Å². The van der Waals surface area contributed by atoms with Crippen LogP contribution in [0.4, 0.5) is 10.1 Å². The Kier molecular flexibility index (Phi) is 2.64. The summed E-state index contributed by atoms with van der Waals surface area (Å²) in [5, 5.41) is 0. The summed E-state index contributed by atoms with van der Waals surface area (Å²) in [6.07, 6.45) is 1.70. The molecule has 2 rings (SSSR count). The first kappa shape index (κ1) is 10.7. The lowest BCUT2D eigenvalue weighted by Crippen LogP contribution is -2.36. The van der Waals surface area contributed by atoms with Gasteiger partial charge in [0.1, 0.15) is 12.4 Å². The predicted molar refractivity (Wildman–Crippen MR) is 59.2 cm³/mol. The van der Waals surface area contributed by atoms with Gasteiger partial charge in [-0.05, 0) is 18.6 Å². The van der Waals surface area contributed by atoms with E-state index in [4.69, 9.17) is 4.74 Å². The molecule has 0 amide bonds. The number of halogens is 1. The van der Waals surface area contributed by atoms with Crippen LogP contribution in [0.2, 0.25) is 0 Å². The van der Waals surface area contributed by atoms with Crippen LogP contribution in [0, 0.1) is 12.7 Å². The van der Waals surface area contributed by atoms with E-state index < -0.39 is 0 Å². The zero-order valence-electron chi connectivity index (χ0n) is 9.00. The number of carbonyl (C=O) groups is 1. The summed E-state index contributed by atoms with van der Waals surface area (Å²) in [6.45, 7) is 6.01. The van der Waals surface area contributed by atoms with Crippen molar-refractivity contribution in [1.82, 2.24) is 0 Å². The molecule has 0 aromatic heterocycles. The minimum atomic E-state index is -0.377. The van der Waals surface area contributed by atoms with Crippen molar-refractivity contribution in [3.63, 3.8) is 0 Å². The van der Waals surface area contributed by atoms with Gasteiger partial charge in [-0.15, -0.1) is 6.58 Å². The van der Waals surface area contributed by atoms with Crippen LogP contribution in [-0.2, 0) is 4.79 Å². The fraction of sp³-hybridized carbons (Fsp3) is 0.250. The van der Waals surface area contributed by atoms with Gasteiger partial charge in [-0.25, -0.2) is 9.18 Å². The maximum absolute atomic E-state index is 13.3. The molecule has 0 saturated carbocycles. The Balaban J connectivity index is 2.48. The molecular weight excluding hydrogens is 209 g/mol. The van der Waals surface area contributed by atoms with E-state index in [1.54, 1.807) is 24.0 Å². The van der Waals surface area contributed by atoms with Crippen molar-refractivity contribution in [3.05, 3.63) is 36.2 Å². The Hall–Kier alpha value is -1.84. The van der Waals surface area contributed by atoms with Crippen molar-refractivity contribution in [3.8, 4) is 5.75 Å². The minimum absolute atomic E-state index is 0.171. The summed E-state index contributed by atoms with van der Waals surface area (Å²) in [6, 6.07) is 2.93. The van der Waals surface area contributed by atoms with Gasteiger partial charge in [0.15, 0.2) is 5.75 Å². The van der Waals surface area contributed by atoms with Crippen LogP contribution in [0.25, 0.3) is 0 Å². The molecule has 3 nitrogen and oxygen atoms in total. The second-order valence-corrected chi connectivity index (χ2v) is 3.71. The molecule has 1 aromatic rings. The van der Waals surface area contributed by atoms with E-state index in [0.717, 1.165) is 5.69 Å². The van der Waals surface area contributed by atoms with Crippen LogP contribution in [0.1, 0.15) is 5.56 Å². The molecule has 0 atom stereocenters. The molecule has 0 saturated heterocycles. The lowest BCUT2D eigenvalue weighted by Gasteiger charge is -2.29. The van der Waals surface area contributed by atoms with Gasteiger partial charge >= 0.3 is 5.97 Å². The number of fused-ring (bicyclic) bond motifs is 1. The molecule has 1 aliphatic rings. The van der Waals surface area contributed by atoms with Crippen LogP contribution in [0.5, 0.6) is 5.75 Å². The SMILES string of the molecule is C=CCN1CC(=O)Oc2cc(F)c(C)cc21. The monoisotopic (exact) mass is 221 g/mol. The lowest BCUT2D eigenvalue weighted by atomic mass is 10.1. The van der Waals surface area contributed by atoms with Crippen molar-refractivity contribution < 1.29 is 13.9 Å². The standard InChI is InChI=1S/C12H12FNO2/c1-3-4-14-7-12(15)16-11-6-9(13)8(2)5-10(11)14/h3,5-6H,1,4,7H2,2H3. The van der Waals surface area contributed by atoms with Crippen LogP contribution in [-0.4, -0.2) is 19.1 Å². The number of ether oxygens (including phenoxy) is 1. The molecule has 0 bridgehead atoms. The number of hydrogen-bond donors (Lipinski definition) is 0. The molecule has 0 fully saturated rings. The Labute approximate surface area is 93.1 Å². The van der Waals surface area contributed by atoms with E-state index in [0.29, 0.717) is 12.1 Å². The molecular formula is C12H12FNO2. The Morgan fingerprint density at radius 2 is 2.38 bits per heavy atom. The third-order valence-electron chi connectivity index (χ3n) is 2.47. The zero-order valence-corrected chi connectivity index (χ0v) is 9.00. The first-order valence-corrected chi connectivity index (χ1v) is 4.98. The predicted octanol–water partition coefficient (Wildman–Crippen LogP) is 2.05. The van der Waals surface area contributed by atoms with Gasteiger partial charge in [-0.1, -0.05) is 6.08 Å². The highest BCUT2D eigenvalue weighted by Crippen LogP contribution is 2.33. The van der Waals surface area contributed by atoms with Crippen molar-refractivity contribution in [2.24, 2.45) is 0 Å². The summed E-state index contributed by atoms with van der Waals surface area (Å²) in [4.78, 5) is 13.1. The fourth-order valence-electron chi connectivity index (χ4n) is 1.69. The number of nitrogens with zero attached hydrogens (tertiary/aromatic N) is 1. The van der Waals surface area contributed by atoms with Crippen molar-refractivity contribution in [1.29, 1.82) is 0 Å². The first-order valence-electron chi connectivity index (χ1n) is 4.98. The highest BCUT2D eigenvalue weighted by Gasteiger charge is 2.24. The molecule has 1 aliphatic heterocycles. The number of rotatable bonds is 2. The average Bonchev–Trinajstić information content (AvgIpc) is 2.21. The van der Waals surface area contributed by atoms with Crippen LogP contribution in [0.3, 0.4) is 0 Å². The molecule has 0 spiro atoms. The van der Waals surface area contributed by atoms with E-state index in [1.165, 1.54) is 6.07 Å². The molecule has 4 heteroatoms. The van der Waals surface area contributed by atoms with E-state index in [2.05, 4.69) is 6.58 Å². The van der Waals surface area contributed by atoms with E-state index in [-0.39, 0.29) is 24.1 Å². The second-order valence-electron chi connectivity index (χ2n) is 3.71. The van der Waals surface area contributed by atoms with E-state index in [9.17, 15) is 9.18 Å². The molecule has 1 heterocycles. The first-order chi connectivity index (χ1) is 7.61. The number of hydrogen-bond acceptors (Lipinski definition) is 3. The Morgan fingerprint density at radius 3 is 3.06 bits per heavy atom. The third-order valence-corrected chi connectivity index (χ3v) is 2.47. The van der Waals surface area contributed by atoms with E-state index >= 15 is 0 Å². The summed E-state index contributed by atoms with van der Waals surface area (Å²) in [5.74, 6) is -0.467. The topological polar surface area (TPSA) is 29.5 Å². The summed E-state index contributed by atoms with van der Waals surface area (Å²) in [7, 11) is 0. The smallest absolute Gasteiger partial charge is 0.331 e. The number of anilines is 1. The van der Waals surface area contributed by atoms with Gasteiger partial charge in [0.05, 0.1) is 5.69 Å². The van der Waals surface area contributed by atoms with E-state index in [1.807, 2.05) is 0 Å². The second kappa shape index (κ2) is 3.96. The summed E-state index contributed by atoms with van der Waals surface area (Å²) < 4.78 is 18.3. The zero-order chi connectivity index (χ0) is 11.7. The molecule has 84 valence electrons. The fourth-order valence-corrected chi connectivity index (χ4v) is 1.69. The lowest BCUT2D eigenvalue weighted by molar-refractivity contribution is -0.133. The van der Waals surface area contributed by atoms with Crippen LogP contribution < -0.4 is 9.64 Å². The molecule has 16 heavy (non-hydrogen) atoms. The van der Waals surface area contributed by atoms with Gasteiger partial charge in [0.2, 0.25) is 0 Å². The quantitative estimate of drug-likeness (QED) is 0.435. The Morgan fingerprint density at radius 1 is 1.62 bits per heavy atom. The van der Waals surface area contributed by atoms with Gasteiger partial charge in [0, 0.05) is 12.6 Å². The molecule has 0 N–H and O–H groups in total. The maximum Gasteiger partial charge on any atom is 0.331 e. The van der Waals surface area contributed by atoms with Crippen LogP contribution >= 0.6 is 0 Å². The highest BCUT2D eigenvalue weighted by molar-refractivity contribution is 5.84. The summed E-state index contributed by atoms with van der Waals surface area (Å²) >= 11 is 0. The minimum Gasteiger partial charge on any atom is -0.423 e. The van der Waals surface area contributed by atoms with Crippen LogP contribution in [0.15, 0.2) is 24.8 Å². The van der Waals surface area contributed by atoms with Gasteiger partial charge in [-0.3, -0.25) is 0 Å². The van der Waals surface area contributed by atoms with Crippen molar-refractivity contribution >= 4 is 11.7 Å². The molecule has 0 radical (unpaired) electrons. The summed E-state index contributed by atoms with van der Waals surface area (Å²) in [5.41, 5.74) is 1.27. The number of benzene rings is 1. The molecule has 0 aliphatic carbocycles. The van der Waals surface area contributed by atoms with Crippen molar-refractivity contribution in [2.75, 3.05) is 18.0 Å². The molecule has 0 unspecified atom stereocenters. The van der Waals surface area contributed by atoms with Gasteiger partial charge < -0.3 is 9.64 Å². The van der Waals surface area contributed by atoms with Gasteiger partial charge in [-0.2, -0.15) is 0 Å². The largest absolute Gasteiger partial charge is 0.423 e. The number of aryl methyl sites for hydroxylation is 1. The number of carbonyl (C=O) groups excluding carboxylic acids is 1. The number of esters is 1. The molecule has 1 aromatic carbocycles.